The van der Waals surface area contributed by atoms with E-state index in [0.717, 1.165) is 31.2 Å². The van der Waals surface area contributed by atoms with Gasteiger partial charge in [0.05, 0.1) is 17.6 Å². The standard InChI is InChI=1S/C35H46N4O5S/c1-3-4-5-12-19-29(38-34(43)27-18-13-21-36-24-27)35(44)39-30(23-25-14-8-6-9-15-25)32(41)31(40)28(20-22-45-2)37-33(42)26-16-10-7-11-17-26/h6-11,13-18,21,24,28-32,40-41H,3-5,12,19-20,22-23H2,1-2H3,(H,37,42)(H,38,43)(H,39,44)/t28-,29-,30+,31-,32-/m1/s1. The predicted octanol–water partition coefficient (Wildman–Crippen LogP) is 4.15. The molecule has 10 heteroatoms. The Hall–Kier alpha value is -3.73. The van der Waals surface area contributed by atoms with Crippen molar-refractivity contribution in [1.82, 2.24) is 20.9 Å². The number of rotatable bonds is 19. The molecule has 1 aromatic heterocycles. The van der Waals surface area contributed by atoms with E-state index in [1.807, 2.05) is 42.7 Å². The maximum absolute atomic E-state index is 13.8. The van der Waals surface area contributed by atoms with Crippen LogP contribution < -0.4 is 16.0 Å². The molecule has 9 nitrogen and oxygen atoms in total. The summed E-state index contributed by atoms with van der Waals surface area (Å²) in [6, 6.07) is 18.8. The Morgan fingerprint density at radius 2 is 1.40 bits per heavy atom. The van der Waals surface area contributed by atoms with Gasteiger partial charge >= 0.3 is 0 Å². The van der Waals surface area contributed by atoms with Gasteiger partial charge in [-0.15, -0.1) is 0 Å². The Morgan fingerprint density at radius 1 is 0.756 bits per heavy atom. The summed E-state index contributed by atoms with van der Waals surface area (Å²) in [4.78, 5) is 43.8. The van der Waals surface area contributed by atoms with Crippen LogP contribution >= 0.6 is 11.8 Å². The number of nitrogens with one attached hydrogen (secondary N) is 3. The molecule has 45 heavy (non-hydrogen) atoms. The van der Waals surface area contributed by atoms with Gasteiger partial charge in [0.1, 0.15) is 18.2 Å². The number of hydrogen-bond donors (Lipinski definition) is 5. The van der Waals surface area contributed by atoms with Crippen molar-refractivity contribution < 1.29 is 24.6 Å². The van der Waals surface area contributed by atoms with Crippen LogP contribution in [0.2, 0.25) is 0 Å². The van der Waals surface area contributed by atoms with Crippen LogP contribution in [-0.2, 0) is 11.2 Å². The minimum absolute atomic E-state index is 0.228. The van der Waals surface area contributed by atoms with Crippen LogP contribution in [0.15, 0.2) is 85.2 Å². The number of aliphatic hydroxyl groups excluding tert-OH is 2. The summed E-state index contributed by atoms with van der Waals surface area (Å²) in [6.07, 6.45) is 6.87. The largest absolute Gasteiger partial charge is 0.388 e. The van der Waals surface area contributed by atoms with Gasteiger partial charge in [-0.25, -0.2) is 0 Å². The fraction of sp³-hybridized carbons (Fsp3) is 0.429. The number of benzene rings is 2. The zero-order valence-corrected chi connectivity index (χ0v) is 26.9. The Kier molecular flexibility index (Phi) is 15.6. The minimum Gasteiger partial charge on any atom is -0.388 e. The smallest absolute Gasteiger partial charge is 0.253 e. The number of amides is 3. The Bertz CT molecular complexity index is 1300. The van der Waals surface area contributed by atoms with Crippen molar-refractivity contribution in [3.63, 3.8) is 0 Å². The highest BCUT2D eigenvalue weighted by Gasteiger charge is 2.35. The zero-order chi connectivity index (χ0) is 32.4. The third kappa shape index (κ3) is 11.9. The third-order valence-electron chi connectivity index (χ3n) is 7.68. The van der Waals surface area contributed by atoms with Gasteiger partial charge in [-0.05, 0) is 61.1 Å². The van der Waals surface area contributed by atoms with Gasteiger partial charge in [-0.3, -0.25) is 19.4 Å². The topological polar surface area (TPSA) is 141 Å². The van der Waals surface area contributed by atoms with Gasteiger partial charge in [0.25, 0.3) is 11.8 Å². The van der Waals surface area contributed by atoms with E-state index in [4.69, 9.17) is 0 Å². The van der Waals surface area contributed by atoms with Crippen LogP contribution in [0.3, 0.4) is 0 Å². The second kappa shape index (κ2) is 19.6. The van der Waals surface area contributed by atoms with Gasteiger partial charge in [-0.2, -0.15) is 11.8 Å². The lowest BCUT2D eigenvalue weighted by molar-refractivity contribution is -0.125. The number of hydrogen-bond acceptors (Lipinski definition) is 7. The van der Waals surface area contributed by atoms with Crippen molar-refractivity contribution in [2.24, 2.45) is 0 Å². The van der Waals surface area contributed by atoms with Crippen molar-refractivity contribution in [2.45, 2.75) is 82.2 Å². The lowest BCUT2D eigenvalue weighted by Gasteiger charge is -2.34. The van der Waals surface area contributed by atoms with Crippen molar-refractivity contribution in [3.8, 4) is 0 Å². The number of carbonyl (C=O) groups excluding carboxylic acids is 3. The molecule has 1 heterocycles. The molecule has 3 rings (SSSR count). The molecular weight excluding hydrogens is 588 g/mol. The Balaban J connectivity index is 1.83. The predicted molar refractivity (Wildman–Crippen MR) is 179 cm³/mol. The number of pyridine rings is 1. The lowest BCUT2D eigenvalue weighted by atomic mass is 9.92. The van der Waals surface area contributed by atoms with E-state index in [0.29, 0.717) is 29.7 Å². The quantitative estimate of drug-likeness (QED) is 0.125. The molecule has 0 aliphatic heterocycles. The normalized spacial score (nSPS) is 14.4. The fourth-order valence-electron chi connectivity index (χ4n) is 5.08. The first-order valence-corrected chi connectivity index (χ1v) is 17.0. The number of unbranched alkanes of at least 4 members (excludes halogenated alkanes) is 3. The van der Waals surface area contributed by atoms with Crippen LogP contribution in [0.4, 0.5) is 0 Å². The zero-order valence-electron chi connectivity index (χ0n) is 26.1. The molecule has 0 spiro atoms. The summed E-state index contributed by atoms with van der Waals surface area (Å²) >= 11 is 1.56. The number of nitrogens with zero attached hydrogens (tertiary/aromatic N) is 1. The van der Waals surface area contributed by atoms with Gasteiger partial charge in [0, 0.05) is 18.0 Å². The lowest BCUT2D eigenvalue weighted by Crippen LogP contribution is -2.59. The molecule has 0 aliphatic rings. The van der Waals surface area contributed by atoms with Crippen molar-refractivity contribution in [1.29, 1.82) is 0 Å². The summed E-state index contributed by atoms with van der Waals surface area (Å²) in [5.41, 5.74) is 1.63. The Morgan fingerprint density at radius 3 is 2.04 bits per heavy atom. The van der Waals surface area contributed by atoms with E-state index in [-0.39, 0.29) is 12.3 Å². The summed E-state index contributed by atoms with van der Waals surface area (Å²) < 4.78 is 0. The van der Waals surface area contributed by atoms with Gasteiger partial charge < -0.3 is 26.2 Å². The molecule has 3 amide bonds. The summed E-state index contributed by atoms with van der Waals surface area (Å²) in [6.45, 7) is 2.10. The molecule has 0 saturated heterocycles. The monoisotopic (exact) mass is 634 g/mol. The number of carbonyl (C=O) groups is 3. The average Bonchev–Trinajstić information content (AvgIpc) is 3.08. The molecule has 0 fully saturated rings. The van der Waals surface area contributed by atoms with Crippen molar-refractivity contribution in [2.75, 3.05) is 12.0 Å². The van der Waals surface area contributed by atoms with Crippen molar-refractivity contribution >= 4 is 29.5 Å². The van der Waals surface area contributed by atoms with Gasteiger partial charge in [-0.1, -0.05) is 81.1 Å². The van der Waals surface area contributed by atoms with E-state index < -0.39 is 42.1 Å². The van der Waals surface area contributed by atoms with E-state index in [2.05, 4.69) is 27.9 Å². The van der Waals surface area contributed by atoms with Crippen LogP contribution in [-0.4, -0.2) is 75.3 Å². The second-order valence-electron chi connectivity index (χ2n) is 11.1. The minimum atomic E-state index is -1.42. The van der Waals surface area contributed by atoms with Crippen LogP contribution in [0, 0.1) is 0 Å². The summed E-state index contributed by atoms with van der Waals surface area (Å²) in [7, 11) is 0. The first-order chi connectivity index (χ1) is 21.8. The molecule has 0 radical (unpaired) electrons. The average molecular weight is 635 g/mol. The summed E-state index contributed by atoms with van der Waals surface area (Å²) in [5.74, 6) is -0.592. The molecule has 0 unspecified atom stereocenters. The molecule has 242 valence electrons. The second-order valence-corrected chi connectivity index (χ2v) is 12.1. The fourth-order valence-corrected chi connectivity index (χ4v) is 5.57. The maximum atomic E-state index is 13.8. The SMILES string of the molecule is CCCCCC[C@@H](NC(=O)c1cccnc1)C(=O)N[C@@H](Cc1ccccc1)[C@@H](O)[C@H](O)[C@@H](CCSC)NC(=O)c1ccccc1. The molecule has 3 aromatic rings. The maximum Gasteiger partial charge on any atom is 0.253 e. The highest BCUT2D eigenvalue weighted by molar-refractivity contribution is 7.98. The van der Waals surface area contributed by atoms with E-state index in [1.165, 1.54) is 6.20 Å². The van der Waals surface area contributed by atoms with Crippen molar-refractivity contribution in [3.05, 3.63) is 102 Å². The molecule has 0 bridgehead atoms. The van der Waals surface area contributed by atoms with Crippen LogP contribution in [0.25, 0.3) is 0 Å². The van der Waals surface area contributed by atoms with Gasteiger partial charge in [0.15, 0.2) is 0 Å². The van der Waals surface area contributed by atoms with E-state index in [9.17, 15) is 24.6 Å². The highest BCUT2D eigenvalue weighted by atomic mass is 32.2. The third-order valence-corrected chi connectivity index (χ3v) is 8.32. The molecular formula is C35H46N4O5S. The number of aromatic nitrogens is 1. The molecule has 0 aliphatic carbocycles. The van der Waals surface area contributed by atoms with E-state index in [1.54, 1.807) is 54.4 Å². The van der Waals surface area contributed by atoms with Crippen LogP contribution in [0.5, 0.6) is 0 Å². The molecule has 5 N–H and O–H groups in total. The highest BCUT2D eigenvalue weighted by Crippen LogP contribution is 2.16. The molecule has 0 saturated carbocycles. The molecule has 2 aromatic carbocycles. The Labute approximate surface area is 270 Å². The summed E-state index contributed by atoms with van der Waals surface area (Å²) in [5, 5.41) is 31.8. The number of thioether (sulfide) groups is 1. The van der Waals surface area contributed by atoms with E-state index >= 15 is 0 Å². The molecule has 5 atom stereocenters. The van der Waals surface area contributed by atoms with Crippen LogP contribution in [0.1, 0.15) is 71.7 Å². The van der Waals surface area contributed by atoms with Gasteiger partial charge in [0.2, 0.25) is 5.91 Å². The first kappa shape index (κ1) is 35.7. The first-order valence-electron chi connectivity index (χ1n) is 15.6. The number of aliphatic hydroxyl groups is 2.